The number of amides is 3. The summed E-state index contributed by atoms with van der Waals surface area (Å²) in [6, 6.07) is 7.56. The van der Waals surface area contributed by atoms with Gasteiger partial charge >= 0.3 is 12.0 Å². The average Bonchev–Trinajstić information content (AvgIpc) is 3.29. The minimum absolute atomic E-state index is 0.0111. The molecule has 0 radical (unpaired) electrons. The smallest absolute Gasteiger partial charge is 0.373 e. The summed E-state index contributed by atoms with van der Waals surface area (Å²) >= 11 is 0. The summed E-state index contributed by atoms with van der Waals surface area (Å²) in [5, 5.41) is 2.54. The van der Waals surface area contributed by atoms with Gasteiger partial charge in [0.05, 0.1) is 27.4 Å². The minimum Gasteiger partial charge on any atom is -0.493 e. The van der Waals surface area contributed by atoms with Crippen LogP contribution in [0.5, 0.6) is 11.5 Å². The highest BCUT2D eigenvalue weighted by Gasteiger charge is 2.34. The number of hydrogen-bond donors (Lipinski definition) is 1. The first-order valence-electron chi connectivity index (χ1n) is 8.79. The van der Waals surface area contributed by atoms with Crippen LogP contribution in [0.15, 0.2) is 40.4 Å². The topological polar surface area (TPSA) is 107 Å². The summed E-state index contributed by atoms with van der Waals surface area (Å²) in [7, 11) is 2.75. The van der Waals surface area contributed by atoms with Gasteiger partial charge in [-0.15, -0.1) is 0 Å². The second-order valence-corrected chi connectivity index (χ2v) is 5.95. The van der Waals surface area contributed by atoms with Crippen molar-refractivity contribution in [1.29, 1.82) is 0 Å². The van der Waals surface area contributed by atoms with Crippen LogP contribution in [0.1, 0.15) is 28.8 Å². The first-order valence-corrected chi connectivity index (χ1v) is 8.79. The van der Waals surface area contributed by atoms with Crippen molar-refractivity contribution < 1.29 is 33.0 Å². The number of rotatable bonds is 7. The maximum Gasteiger partial charge on any atom is 0.373 e. The van der Waals surface area contributed by atoms with E-state index >= 15 is 0 Å². The summed E-state index contributed by atoms with van der Waals surface area (Å²) in [4.78, 5) is 37.5. The molecule has 2 heterocycles. The number of carbonyl (C=O) groups is 3. The van der Waals surface area contributed by atoms with Gasteiger partial charge in [-0.2, -0.15) is 0 Å². The highest BCUT2D eigenvalue weighted by molar-refractivity contribution is 6.14. The van der Waals surface area contributed by atoms with E-state index in [1.807, 2.05) is 6.92 Å². The first kappa shape index (κ1) is 20.0. The molecule has 1 N–H and O–H groups in total. The Morgan fingerprint density at radius 3 is 2.69 bits per heavy atom. The molecule has 1 aromatic carbocycles. The molecular formula is C20H20N2O7. The van der Waals surface area contributed by atoms with Crippen molar-refractivity contribution in [3.63, 3.8) is 0 Å². The lowest BCUT2D eigenvalue weighted by atomic mass is 10.1. The van der Waals surface area contributed by atoms with Crippen molar-refractivity contribution in [2.24, 2.45) is 0 Å². The molecule has 29 heavy (non-hydrogen) atoms. The Balaban J connectivity index is 1.84. The van der Waals surface area contributed by atoms with Crippen LogP contribution in [0.4, 0.5) is 4.79 Å². The van der Waals surface area contributed by atoms with Crippen molar-refractivity contribution >= 4 is 24.0 Å². The number of benzene rings is 1. The number of urea groups is 1. The normalized spacial score (nSPS) is 14.9. The summed E-state index contributed by atoms with van der Waals surface area (Å²) < 4.78 is 20.8. The van der Waals surface area contributed by atoms with Crippen molar-refractivity contribution in [3.8, 4) is 11.5 Å². The number of ether oxygens (including phenoxy) is 3. The second-order valence-electron chi connectivity index (χ2n) is 5.95. The van der Waals surface area contributed by atoms with Gasteiger partial charge in [-0.05, 0) is 31.2 Å². The molecule has 3 rings (SSSR count). The zero-order valence-corrected chi connectivity index (χ0v) is 16.2. The van der Waals surface area contributed by atoms with Crippen LogP contribution in [0, 0.1) is 0 Å². The number of imide groups is 1. The van der Waals surface area contributed by atoms with E-state index in [1.54, 1.807) is 18.2 Å². The molecule has 1 aliphatic rings. The predicted octanol–water partition coefficient (Wildman–Crippen LogP) is 2.57. The van der Waals surface area contributed by atoms with Crippen LogP contribution in [0.3, 0.4) is 0 Å². The van der Waals surface area contributed by atoms with Crippen molar-refractivity contribution in [2.75, 3.05) is 20.8 Å². The number of nitrogens with zero attached hydrogens (tertiary/aromatic N) is 1. The van der Waals surface area contributed by atoms with Crippen molar-refractivity contribution in [3.05, 3.63) is 53.1 Å². The van der Waals surface area contributed by atoms with Gasteiger partial charge in [-0.1, -0.05) is 12.1 Å². The van der Waals surface area contributed by atoms with Gasteiger partial charge in [0.2, 0.25) is 5.76 Å². The number of furan rings is 1. The third-order valence-electron chi connectivity index (χ3n) is 4.14. The number of para-hydroxylation sites is 1. The molecule has 0 spiro atoms. The van der Waals surface area contributed by atoms with Gasteiger partial charge in [0.15, 0.2) is 11.5 Å². The van der Waals surface area contributed by atoms with E-state index in [2.05, 4.69) is 10.1 Å². The third-order valence-corrected chi connectivity index (χ3v) is 4.14. The fourth-order valence-electron chi connectivity index (χ4n) is 2.81. The number of carbonyl (C=O) groups excluding carboxylic acids is 3. The molecule has 1 aliphatic heterocycles. The van der Waals surface area contributed by atoms with Gasteiger partial charge in [-0.3, -0.25) is 9.69 Å². The largest absolute Gasteiger partial charge is 0.493 e. The van der Waals surface area contributed by atoms with Gasteiger partial charge in [0.25, 0.3) is 5.91 Å². The molecule has 2 aromatic rings. The lowest BCUT2D eigenvalue weighted by Gasteiger charge is -2.12. The van der Waals surface area contributed by atoms with Gasteiger partial charge in [0.1, 0.15) is 11.5 Å². The molecule has 0 unspecified atom stereocenters. The monoisotopic (exact) mass is 400 g/mol. The van der Waals surface area contributed by atoms with E-state index < -0.39 is 17.9 Å². The predicted molar refractivity (Wildman–Crippen MR) is 101 cm³/mol. The minimum atomic E-state index is -0.643. The van der Waals surface area contributed by atoms with Crippen LogP contribution < -0.4 is 14.8 Å². The Labute approximate surface area is 166 Å². The molecule has 9 heteroatoms. The SMILES string of the molecule is CCOc1c(/C=C2/NC(=O)N(Cc3ccc(C(=O)OC)o3)C2=O)cccc1OC. The quantitative estimate of drug-likeness (QED) is 0.432. The highest BCUT2D eigenvalue weighted by Crippen LogP contribution is 2.33. The van der Waals surface area contributed by atoms with E-state index in [-0.39, 0.29) is 23.8 Å². The van der Waals surface area contributed by atoms with Gasteiger partial charge in [-0.25, -0.2) is 9.59 Å². The molecule has 152 valence electrons. The molecule has 0 bridgehead atoms. The number of esters is 1. The van der Waals surface area contributed by atoms with Gasteiger partial charge in [0, 0.05) is 5.56 Å². The van der Waals surface area contributed by atoms with Crippen LogP contribution in [0.25, 0.3) is 6.08 Å². The Morgan fingerprint density at radius 1 is 1.21 bits per heavy atom. The third kappa shape index (κ3) is 4.08. The average molecular weight is 400 g/mol. The van der Waals surface area contributed by atoms with E-state index in [0.717, 1.165) is 4.90 Å². The summed E-state index contributed by atoms with van der Waals surface area (Å²) in [6.07, 6.45) is 1.52. The van der Waals surface area contributed by atoms with Crippen molar-refractivity contribution in [2.45, 2.75) is 13.5 Å². The molecule has 0 atom stereocenters. The fourth-order valence-corrected chi connectivity index (χ4v) is 2.81. The van der Waals surface area contributed by atoms with Crippen LogP contribution in [-0.4, -0.2) is 43.6 Å². The fraction of sp³-hybridized carbons (Fsp3) is 0.250. The van der Waals surface area contributed by atoms with E-state index in [1.165, 1.54) is 32.4 Å². The number of hydrogen-bond acceptors (Lipinski definition) is 7. The molecule has 1 saturated heterocycles. The molecule has 0 saturated carbocycles. The van der Waals surface area contributed by atoms with E-state index in [4.69, 9.17) is 13.9 Å². The zero-order chi connectivity index (χ0) is 21.0. The van der Waals surface area contributed by atoms with E-state index in [9.17, 15) is 14.4 Å². The van der Waals surface area contributed by atoms with Crippen LogP contribution in [-0.2, 0) is 16.1 Å². The van der Waals surface area contributed by atoms with Crippen molar-refractivity contribution in [1.82, 2.24) is 10.2 Å². The number of methoxy groups -OCH3 is 2. The summed E-state index contributed by atoms with van der Waals surface area (Å²) in [5.41, 5.74) is 0.673. The molecule has 9 nitrogen and oxygen atoms in total. The molecular weight excluding hydrogens is 380 g/mol. The summed E-state index contributed by atoms with van der Waals surface area (Å²) in [5.74, 6) is 0.0707. The Morgan fingerprint density at radius 2 is 2.00 bits per heavy atom. The molecule has 3 amide bonds. The summed E-state index contributed by atoms with van der Waals surface area (Å²) in [6.45, 7) is 2.11. The Hall–Kier alpha value is -3.75. The Kier molecular flexibility index (Phi) is 5.87. The zero-order valence-electron chi connectivity index (χ0n) is 16.2. The molecule has 1 fully saturated rings. The van der Waals surface area contributed by atoms with Crippen LogP contribution >= 0.6 is 0 Å². The lowest BCUT2D eigenvalue weighted by molar-refractivity contribution is -0.123. The van der Waals surface area contributed by atoms with Crippen LogP contribution in [0.2, 0.25) is 0 Å². The lowest BCUT2D eigenvalue weighted by Crippen LogP contribution is -2.30. The first-order chi connectivity index (χ1) is 14.0. The maximum atomic E-state index is 12.7. The molecule has 1 aromatic heterocycles. The molecule has 0 aliphatic carbocycles. The second kappa shape index (κ2) is 8.51. The Bertz CT molecular complexity index is 977. The number of nitrogens with one attached hydrogen (secondary N) is 1. The van der Waals surface area contributed by atoms with E-state index in [0.29, 0.717) is 23.7 Å². The highest BCUT2D eigenvalue weighted by atomic mass is 16.5. The van der Waals surface area contributed by atoms with Gasteiger partial charge < -0.3 is 23.9 Å². The standard InChI is InChI=1S/C20H20N2O7/c1-4-28-17-12(6-5-7-15(17)26-2)10-14-18(23)22(20(25)21-14)11-13-8-9-16(29-13)19(24)27-3/h5-10H,4,11H2,1-3H3,(H,21,25)/b14-10+. The maximum absolute atomic E-state index is 12.7.